The van der Waals surface area contributed by atoms with Gasteiger partial charge in [0.15, 0.2) is 5.82 Å². The average Bonchev–Trinajstić information content (AvgIpc) is 3.49. The lowest BCUT2D eigenvalue weighted by atomic mass is 9.85. The van der Waals surface area contributed by atoms with E-state index in [1.807, 2.05) is 35.0 Å². The number of hydrogen-bond donors (Lipinski definition) is 2. The van der Waals surface area contributed by atoms with E-state index in [0.29, 0.717) is 11.2 Å². The maximum atomic E-state index is 12.7. The van der Waals surface area contributed by atoms with Gasteiger partial charge in [0.25, 0.3) is 5.56 Å². The molecule has 33 heavy (non-hydrogen) atoms. The number of H-pyrrole nitrogens is 1. The van der Waals surface area contributed by atoms with Crippen molar-refractivity contribution < 1.29 is 0 Å². The molecule has 0 unspecified atom stereocenters. The Morgan fingerprint density at radius 2 is 1.85 bits per heavy atom. The fraction of sp³-hybridized carbons (Fsp3) is 0.375. The standard InChI is InChI=1S/C24H26N8O/c1-24(2,32-27-13-14-28-32)17-7-9-18(10-8-17)29-22-21-20(11-12-26-23(21)33)31(30-22)19-6-4-3-5-16(19)15-25/h7-14,16,19H,3-6H2,1-2H3,(H,26,33)(H,29,30)/t16-,19+/m1/s1. The van der Waals surface area contributed by atoms with E-state index in [4.69, 9.17) is 5.10 Å². The van der Waals surface area contributed by atoms with E-state index < -0.39 is 5.54 Å². The van der Waals surface area contributed by atoms with Gasteiger partial charge in [0, 0.05) is 11.9 Å². The van der Waals surface area contributed by atoms with Gasteiger partial charge in [-0.15, -0.1) is 0 Å². The van der Waals surface area contributed by atoms with Crippen LogP contribution in [-0.2, 0) is 5.54 Å². The second-order valence-electron chi connectivity index (χ2n) is 9.03. The van der Waals surface area contributed by atoms with E-state index in [1.165, 1.54) is 0 Å². The molecular formula is C24H26N8O. The van der Waals surface area contributed by atoms with Crippen LogP contribution in [-0.4, -0.2) is 29.8 Å². The van der Waals surface area contributed by atoms with Crippen LogP contribution in [0.1, 0.15) is 51.1 Å². The van der Waals surface area contributed by atoms with Gasteiger partial charge in [-0.1, -0.05) is 25.0 Å². The van der Waals surface area contributed by atoms with Crippen molar-refractivity contribution in [3.8, 4) is 6.07 Å². The quantitative estimate of drug-likeness (QED) is 0.481. The Morgan fingerprint density at radius 3 is 2.58 bits per heavy atom. The Morgan fingerprint density at radius 1 is 1.12 bits per heavy atom. The zero-order valence-electron chi connectivity index (χ0n) is 18.7. The van der Waals surface area contributed by atoms with Gasteiger partial charge in [0.1, 0.15) is 10.9 Å². The zero-order valence-corrected chi connectivity index (χ0v) is 18.7. The van der Waals surface area contributed by atoms with Crippen molar-refractivity contribution in [1.29, 1.82) is 5.26 Å². The van der Waals surface area contributed by atoms with Crippen molar-refractivity contribution in [3.05, 3.63) is 64.8 Å². The van der Waals surface area contributed by atoms with Crippen molar-refractivity contribution in [2.75, 3.05) is 5.32 Å². The predicted octanol–water partition coefficient (Wildman–Crippen LogP) is 4.10. The topological polar surface area (TPSA) is 117 Å². The van der Waals surface area contributed by atoms with Gasteiger partial charge in [-0.25, -0.2) is 0 Å². The van der Waals surface area contributed by atoms with Crippen LogP contribution in [0.3, 0.4) is 0 Å². The predicted molar refractivity (Wildman–Crippen MR) is 125 cm³/mol. The van der Waals surface area contributed by atoms with Gasteiger partial charge in [-0.3, -0.25) is 9.48 Å². The highest BCUT2D eigenvalue weighted by molar-refractivity contribution is 5.91. The summed E-state index contributed by atoms with van der Waals surface area (Å²) in [6.07, 6.45) is 8.81. The third-order valence-corrected chi connectivity index (χ3v) is 6.61. The van der Waals surface area contributed by atoms with Gasteiger partial charge in [-0.2, -0.15) is 25.4 Å². The number of rotatable bonds is 5. The van der Waals surface area contributed by atoms with Crippen LogP contribution in [0.4, 0.5) is 11.5 Å². The molecule has 1 aliphatic carbocycles. The molecular weight excluding hydrogens is 416 g/mol. The molecule has 0 saturated heterocycles. The fourth-order valence-electron chi connectivity index (χ4n) is 4.71. The largest absolute Gasteiger partial charge is 0.338 e. The summed E-state index contributed by atoms with van der Waals surface area (Å²) in [5, 5.41) is 26.8. The van der Waals surface area contributed by atoms with Gasteiger partial charge in [0.05, 0.1) is 35.9 Å². The molecule has 2 atom stereocenters. The zero-order chi connectivity index (χ0) is 23.0. The summed E-state index contributed by atoms with van der Waals surface area (Å²) >= 11 is 0. The molecule has 4 aromatic rings. The van der Waals surface area contributed by atoms with E-state index in [-0.39, 0.29) is 17.5 Å². The number of anilines is 2. The molecule has 0 spiro atoms. The molecule has 1 saturated carbocycles. The fourth-order valence-corrected chi connectivity index (χ4v) is 4.71. The van der Waals surface area contributed by atoms with Crippen molar-refractivity contribution >= 4 is 22.4 Å². The first-order valence-corrected chi connectivity index (χ1v) is 11.2. The van der Waals surface area contributed by atoms with Crippen molar-refractivity contribution in [3.63, 3.8) is 0 Å². The molecule has 1 aromatic carbocycles. The maximum Gasteiger partial charge on any atom is 0.261 e. The van der Waals surface area contributed by atoms with Gasteiger partial charge in [-0.05, 0) is 50.5 Å². The monoisotopic (exact) mass is 442 g/mol. The highest BCUT2D eigenvalue weighted by atomic mass is 16.1. The Kier molecular flexibility index (Phi) is 5.21. The SMILES string of the molecule is CC(C)(c1ccc(Nc2nn([C@H]3CCCC[C@@H]3C#N)c3cc[nH]c(=O)c23)cc1)n1nccn1. The average molecular weight is 443 g/mol. The summed E-state index contributed by atoms with van der Waals surface area (Å²) in [5.41, 5.74) is 2.01. The molecule has 0 radical (unpaired) electrons. The van der Waals surface area contributed by atoms with Crippen molar-refractivity contribution in [2.45, 2.75) is 51.1 Å². The van der Waals surface area contributed by atoms with Crippen LogP contribution in [0.2, 0.25) is 0 Å². The van der Waals surface area contributed by atoms with E-state index in [9.17, 15) is 10.1 Å². The van der Waals surface area contributed by atoms with Crippen LogP contribution < -0.4 is 10.9 Å². The Balaban J connectivity index is 1.50. The number of nitrogens with one attached hydrogen (secondary N) is 2. The minimum atomic E-state index is -0.402. The number of fused-ring (bicyclic) bond motifs is 1. The van der Waals surface area contributed by atoms with E-state index >= 15 is 0 Å². The number of pyridine rings is 1. The molecule has 168 valence electrons. The molecule has 0 aliphatic heterocycles. The number of hydrogen-bond acceptors (Lipinski definition) is 6. The molecule has 9 nitrogen and oxygen atoms in total. The second-order valence-corrected chi connectivity index (χ2v) is 9.03. The molecule has 0 bridgehead atoms. The number of aromatic nitrogens is 6. The number of benzene rings is 1. The minimum Gasteiger partial charge on any atom is -0.338 e. The van der Waals surface area contributed by atoms with Crippen LogP contribution in [0.25, 0.3) is 10.9 Å². The lowest BCUT2D eigenvalue weighted by Gasteiger charge is -2.27. The van der Waals surface area contributed by atoms with Crippen LogP contribution in [0.5, 0.6) is 0 Å². The van der Waals surface area contributed by atoms with Crippen LogP contribution in [0.15, 0.2) is 53.7 Å². The van der Waals surface area contributed by atoms with Crippen LogP contribution in [0, 0.1) is 17.2 Å². The Bertz CT molecular complexity index is 1360. The molecule has 5 rings (SSSR count). The van der Waals surface area contributed by atoms with Crippen molar-refractivity contribution in [2.24, 2.45) is 5.92 Å². The number of nitrogens with zero attached hydrogens (tertiary/aromatic N) is 6. The number of aromatic amines is 1. The highest BCUT2D eigenvalue weighted by Gasteiger charge is 2.30. The third-order valence-electron chi connectivity index (χ3n) is 6.61. The minimum absolute atomic E-state index is 0.0339. The second kappa shape index (κ2) is 8.20. The van der Waals surface area contributed by atoms with E-state index in [1.54, 1.807) is 23.4 Å². The Labute approximate surface area is 191 Å². The van der Waals surface area contributed by atoms with Gasteiger partial charge < -0.3 is 10.3 Å². The van der Waals surface area contributed by atoms with Gasteiger partial charge >= 0.3 is 0 Å². The summed E-state index contributed by atoms with van der Waals surface area (Å²) in [7, 11) is 0. The normalized spacial score (nSPS) is 18.8. The smallest absolute Gasteiger partial charge is 0.261 e. The molecule has 9 heteroatoms. The first-order chi connectivity index (χ1) is 16.0. The Hall–Kier alpha value is -3.93. The first kappa shape index (κ1) is 20.9. The van der Waals surface area contributed by atoms with Crippen molar-refractivity contribution in [1.82, 2.24) is 29.8 Å². The summed E-state index contributed by atoms with van der Waals surface area (Å²) in [4.78, 5) is 17.2. The molecule has 0 amide bonds. The third kappa shape index (κ3) is 3.67. The number of nitriles is 1. The van der Waals surface area contributed by atoms with E-state index in [2.05, 4.69) is 40.4 Å². The summed E-state index contributed by atoms with van der Waals surface area (Å²) < 4.78 is 1.88. The molecule has 3 heterocycles. The molecule has 1 aliphatic rings. The highest BCUT2D eigenvalue weighted by Crippen LogP contribution is 2.36. The van der Waals surface area contributed by atoms with Gasteiger partial charge in [0.2, 0.25) is 0 Å². The molecule has 1 fully saturated rings. The lowest BCUT2D eigenvalue weighted by molar-refractivity contribution is 0.277. The maximum absolute atomic E-state index is 12.7. The lowest BCUT2D eigenvalue weighted by Crippen LogP contribution is -2.29. The molecule has 3 aromatic heterocycles. The molecule has 2 N–H and O–H groups in total. The summed E-state index contributed by atoms with van der Waals surface area (Å²) in [5.74, 6) is 0.390. The summed E-state index contributed by atoms with van der Waals surface area (Å²) in [6, 6.07) is 12.2. The van der Waals surface area contributed by atoms with E-state index in [0.717, 1.165) is 42.5 Å². The summed E-state index contributed by atoms with van der Waals surface area (Å²) in [6.45, 7) is 4.11. The first-order valence-electron chi connectivity index (χ1n) is 11.2. The van der Waals surface area contributed by atoms with Crippen LogP contribution >= 0.6 is 0 Å².